The summed E-state index contributed by atoms with van der Waals surface area (Å²) < 4.78 is 38.5. The number of nitrogens with zero attached hydrogens (tertiary/aromatic N) is 1. The minimum Gasteiger partial charge on any atom is -0.452 e. The molecule has 0 spiro atoms. The van der Waals surface area contributed by atoms with Crippen LogP contribution >= 0.6 is 0 Å². The normalized spacial score (nSPS) is 35.2. The van der Waals surface area contributed by atoms with Crippen LogP contribution in [-0.4, -0.2) is 62.0 Å². The molecule has 8 nitrogen and oxygen atoms in total. The third-order valence-corrected chi connectivity index (χ3v) is 9.70. The molecule has 1 aliphatic heterocycles. The van der Waals surface area contributed by atoms with Crippen LogP contribution in [0.4, 0.5) is 0 Å². The summed E-state index contributed by atoms with van der Waals surface area (Å²) in [4.78, 5) is 25.3. The third-order valence-electron chi connectivity index (χ3n) is 7.87. The lowest BCUT2D eigenvalue weighted by Gasteiger charge is -2.56. The molecular weight excluding hydrogens is 456 g/mol. The molecule has 5 fully saturated rings. The molecule has 1 aromatic carbocycles. The molecule has 34 heavy (non-hydrogen) atoms. The van der Waals surface area contributed by atoms with E-state index in [0.717, 1.165) is 19.3 Å². The zero-order valence-corrected chi connectivity index (χ0v) is 20.7. The Bertz CT molecular complexity index is 1030. The van der Waals surface area contributed by atoms with E-state index in [4.69, 9.17) is 9.47 Å². The number of sulfonamides is 1. The monoisotopic (exact) mass is 490 g/mol. The highest BCUT2D eigenvalue weighted by Crippen LogP contribution is 2.55. The number of benzene rings is 1. The Morgan fingerprint density at radius 3 is 2.24 bits per heavy atom. The maximum absolute atomic E-state index is 13.1. The van der Waals surface area contributed by atoms with Gasteiger partial charge in [-0.15, -0.1) is 0 Å². The van der Waals surface area contributed by atoms with Gasteiger partial charge in [-0.2, -0.15) is 4.31 Å². The first-order valence-corrected chi connectivity index (χ1v) is 13.8. The van der Waals surface area contributed by atoms with E-state index >= 15 is 0 Å². The second-order valence-corrected chi connectivity index (χ2v) is 12.9. The first kappa shape index (κ1) is 23.8. The van der Waals surface area contributed by atoms with Gasteiger partial charge >= 0.3 is 5.97 Å². The number of rotatable bonds is 6. The van der Waals surface area contributed by atoms with Gasteiger partial charge in [0.25, 0.3) is 5.91 Å². The van der Waals surface area contributed by atoms with Crippen LogP contribution in [0.5, 0.6) is 0 Å². The number of amides is 1. The van der Waals surface area contributed by atoms with E-state index in [2.05, 4.69) is 5.32 Å². The maximum Gasteiger partial charge on any atom is 0.338 e. The molecule has 0 radical (unpaired) electrons. The zero-order valence-electron chi connectivity index (χ0n) is 19.9. The van der Waals surface area contributed by atoms with Gasteiger partial charge in [0, 0.05) is 18.6 Å². The lowest BCUT2D eigenvalue weighted by Crippen LogP contribution is -2.60. The second kappa shape index (κ2) is 8.91. The molecular formula is C25H34N2O6S. The number of hydrogen-bond acceptors (Lipinski definition) is 6. The molecule has 6 rings (SSSR count). The molecule has 4 saturated carbocycles. The molecule has 4 aliphatic carbocycles. The fourth-order valence-corrected chi connectivity index (χ4v) is 8.71. The van der Waals surface area contributed by atoms with Crippen molar-refractivity contribution >= 4 is 21.9 Å². The van der Waals surface area contributed by atoms with Gasteiger partial charge in [0.2, 0.25) is 10.0 Å². The molecule has 0 unspecified atom stereocenters. The number of ether oxygens (including phenoxy) is 2. The Labute approximate surface area is 201 Å². The molecule has 5 aliphatic rings. The van der Waals surface area contributed by atoms with E-state index in [1.807, 2.05) is 13.8 Å². The molecule has 9 heteroatoms. The van der Waals surface area contributed by atoms with E-state index < -0.39 is 16.0 Å². The highest BCUT2D eigenvalue weighted by Gasteiger charge is 2.51. The molecule has 1 heterocycles. The van der Waals surface area contributed by atoms with Gasteiger partial charge < -0.3 is 14.8 Å². The van der Waals surface area contributed by atoms with E-state index in [-0.39, 0.29) is 53.8 Å². The van der Waals surface area contributed by atoms with Gasteiger partial charge in [-0.3, -0.25) is 4.79 Å². The van der Waals surface area contributed by atoms with E-state index in [1.54, 1.807) is 0 Å². The lowest BCUT2D eigenvalue weighted by molar-refractivity contribution is -0.130. The van der Waals surface area contributed by atoms with E-state index in [0.29, 0.717) is 17.8 Å². The molecule has 2 atom stereocenters. The number of nitrogens with one attached hydrogen (secondary N) is 1. The van der Waals surface area contributed by atoms with Crippen molar-refractivity contribution in [1.82, 2.24) is 9.62 Å². The first-order valence-electron chi connectivity index (χ1n) is 12.4. The fourth-order valence-electron chi connectivity index (χ4n) is 7.07. The van der Waals surface area contributed by atoms with Crippen molar-refractivity contribution in [2.75, 3.05) is 19.7 Å². The Morgan fingerprint density at radius 1 is 1.06 bits per heavy atom. The highest BCUT2D eigenvalue weighted by atomic mass is 32.2. The van der Waals surface area contributed by atoms with Gasteiger partial charge in [0.05, 0.1) is 22.7 Å². The van der Waals surface area contributed by atoms with Crippen LogP contribution in [0.15, 0.2) is 29.2 Å². The smallest absolute Gasteiger partial charge is 0.338 e. The molecule has 1 amide bonds. The molecule has 1 saturated heterocycles. The summed E-state index contributed by atoms with van der Waals surface area (Å²) in [5.41, 5.74) is -0.0309. The first-order chi connectivity index (χ1) is 16.1. The number of carbonyl (C=O) groups is 2. The van der Waals surface area contributed by atoms with Crippen molar-refractivity contribution in [3.63, 3.8) is 0 Å². The fraction of sp³-hybridized carbons (Fsp3) is 0.680. The van der Waals surface area contributed by atoms with Crippen molar-refractivity contribution in [3.05, 3.63) is 29.8 Å². The number of hydrogen-bond donors (Lipinski definition) is 1. The minimum atomic E-state index is -3.78. The molecule has 186 valence electrons. The van der Waals surface area contributed by atoms with Gasteiger partial charge in [-0.05, 0) is 88.3 Å². The second-order valence-electron chi connectivity index (χ2n) is 10.9. The number of morpholine rings is 1. The molecule has 4 bridgehead atoms. The van der Waals surface area contributed by atoms with Crippen molar-refractivity contribution < 1.29 is 27.5 Å². The Balaban J connectivity index is 1.20. The Morgan fingerprint density at radius 2 is 1.65 bits per heavy atom. The lowest BCUT2D eigenvalue weighted by atomic mass is 9.53. The van der Waals surface area contributed by atoms with Crippen LogP contribution in [0.25, 0.3) is 0 Å². The van der Waals surface area contributed by atoms with Gasteiger partial charge in [0.15, 0.2) is 6.61 Å². The van der Waals surface area contributed by atoms with Crippen molar-refractivity contribution in [1.29, 1.82) is 0 Å². The molecule has 0 aromatic heterocycles. The number of esters is 1. The third kappa shape index (κ3) is 4.75. The average Bonchev–Trinajstić information content (AvgIpc) is 2.75. The summed E-state index contributed by atoms with van der Waals surface area (Å²) >= 11 is 0. The van der Waals surface area contributed by atoms with Crippen molar-refractivity contribution in [2.24, 2.45) is 17.8 Å². The van der Waals surface area contributed by atoms with Crippen LogP contribution in [0.2, 0.25) is 0 Å². The van der Waals surface area contributed by atoms with E-state index in [9.17, 15) is 18.0 Å². The summed E-state index contributed by atoms with van der Waals surface area (Å²) in [6.07, 6.45) is 6.51. The standard InChI is InChI=1S/C25H34N2O6S/c1-16-13-27(14-17(2)33-16)34(30,31)22-5-3-4-21(9-22)24(29)32-15-23(28)26-25-10-18-6-19(11-25)8-20(7-18)12-25/h3-5,9,16-20H,6-8,10-15H2,1-2H3,(H,26,28)/t16-,17-,18?,19?,20?,25?/m1/s1. The topological polar surface area (TPSA) is 102 Å². The predicted octanol–water partition coefficient (Wildman–Crippen LogP) is 2.73. The SMILES string of the molecule is C[C@@H]1CN(S(=O)(=O)c2cccc(C(=O)OCC(=O)NC34CC5CC(CC(C5)C3)C4)c2)C[C@@H](C)O1. The molecule has 1 N–H and O–H groups in total. The quantitative estimate of drug-likeness (QED) is 0.616. The minimum absolute atomic E-state index is 0.0290. The summed E-state index contributed by atoms with van der Waals surface area (Å²) in [7, 11) is -3.78. The summed E-state index contributed by atoms with van der Waals surface area (Å²) in [5.74, 6) is 1.13. The van der Waals surface area contributed by atoms with Crippen LogP contribution in [0.1, 0.15) is 62.7 Å². The average molecular weight is 491 g/mol. The van der Waals surface area contributed by atoms with Gasteiger partial charge in [0.1, 0.15) is 0 Å². The Kier molecular flexibility index (Phi) is 6.23. The maximum atomic E-state index is 13.1. The zero-order chi connectivity index (χ0) is 24.1. The summed E-state index contributed by atoms with van der Waals surface area (Å²) in [6, 6.07) is 5.81. The summed E-state index contributed by atoms with van der Waals surface area (Å²) in [6.45, 7) is 3.81. The largest absolute Gasteiger partial charge is 0.452 e. The molecule has 1 aromatic rings. The van der Waals surface area contributed by atoms with Crippen LogP contribution in [0.3, 0.4) is 0 Å². The number of carbonyl (C=O) groups excluding carboxylic acids is 2. The van der Waals surface area contributed by atoms with Crippen LogP contribution in [-0.2, 0) is 24.3 Å². The Hall–Kier alpha value is -1.97. The van der Waals surface area contributed by atoms with Crippen molar-refractivity contribution in [2.45, 2.75) is 75.0 Å². The van der Waals surface area contributed by atoms with Crippen molar-refractivity contribution in [3.8, 4) is 0 Å². The van der Waals surface area contributed by atoms with Gasteiger partial charge in [-0.25, -0.2) is 13.2 Å². The van der Waals surface area contributed by atoms with Crippen LogP contribution < -0.4 is 5.32 Å². The van der Waals surface area contributed by atoms with Gasteiger partial charge in [-0.1, -0.05) is 6.07 Å². The van der Waals surface area contributed by atoms with E-state index in [1.165, 1.54) is 47.8 Å². The van der Waals surface area contributed by atoms with Crippen LogP contribution in [0, 0.1) is 17.8 Å². The predicted molar refractivity (Wildman–Crippen MR) is 125 cm³/mol. The summed E-state index contributed by atoms with van der Waals surface area (Å²) in [5, 5.41) is 3.19. The highest BCUT2D eigenvalue weighted by molar-refractivity contribution is 7.89.